The van der Waals surface area contributed by atoms with Gasteiger partial charge in [0, 0.05) is 11.4 Å². The van der Waals surface area contributed by atoms with Gasteiger partial charge in [-0.05, 0) is 78.4 Å². The molecule has 39 heavy (non-hydrogen) atoms. The molecule has 0 saturated carbocycles. The average Bonchev–Trinajstić information content (AvgIpc) is 3.15. The lowest BCUT2D eigenvalue weighted by Crippen LogP contribution is -2.36. The van der Waals surface area contributed by atoms with Crippen LogP contribution in [-0.4, -0.2) is 48.1 Å². The minimum Gasteiger partial charge on any atom is -0.495 e. The van der Waals surface area contributed by atoms with Crippen molar-refractivity contribution in [3.63, 3.8) is 0 Å². The van der Waals surface area contributed by atoms with Crippen LogP contribution < -0.4 is 20.1 Å². The molecule has 1 fully saturated rings. The number of amides is 4. The first-order valence-electron chi connectivity index (χ1n) is 11.7. The van der Waals surface area contributed by atoms with Gasteiger partial charge in [0.15, 0.2) is 6.61 Å². The van der Waals surface area contributed by atoms with Gasteiger partial charge in [-0.15, -0.1) is 0 Å². The number of halogens is 1. The smallest absolute Gasteiger partial charge is 0.294 e. The second-order valence-electron chi connectivity index (χ2n) is 8.44. The predicted molar refractivity (Wildman–Crippen MR) is 151 cm³/mol. The van der Waals surface area contributed by atoms with Gasteiger partial charge in [-0.2, -0.15) is 0 Å². The van der Waals surface area contributed by atoms with Crippen molar-refractivity contribution in [1.82, 2.24) is 4.90 Å². The molecule has 0 radical (unpaired) electrons. The van der Waals surface area contributed by atoms with Crippen molar-refractivity contribution in [2.24, 2.45) is 0 Å². The topological polar surface area (TPSA) is 114 Å². The van der Waals surface area contributed by atoms with E-state index in [1.807, 2.05) is 25.1 Å². The van der Waals surface area contributed by atoms with Crippen LogP contribution in [0.5, 0.6) is 11.5 Å². The number of anilines is 2. The molecular formula is C28H24ClN3O6S. The van der Waals surface area contributed by atoms with Gasteiger partial charge in [-0.1, -0.05) is 35.9 Å². The van der Waals surface area contributed by atoms with E-state index in [9.17, 15) is 19.2 Å². The van der Waals surface area contributed by atoms with Gasteiger partial charge in [0.1, 0.15) is 18.0 Å². The highest BCUT2D eigenvalue weighted by atomic mass is 35.5. The molecule has 0 bridgehead atoms. The van der Waals surface area contributed by atoms with Gasteiger partial charge < -0.3 is 20.1 Å². The number of thioether (sulfide) groups is 1. The Morgan fingerprint density at radius 3 is 2.38 bits per heavy atom. The van der Waals surface area contributed by atoms with E-state index in [-0.39, 0.29) is 17.4 Å². The van der Waals surface area contributed by atoms with Crippen LogP contribution in [0.1, 0.15) is 11.1 Å². The number of nitrogens with zero attached hydrogens (tertiary/aromatic N) is 1. The Morgan fingerprint density at radius 2 is 1.69 bits per heavy atom. The number of hydrogen-bond acceptors (Lipinski definition) is 7. The normalized spacial score (nSPS) is 13.9. The summed E-state index contributed by atoms with van der Waals surface area (Å²) in [5.74, 6) is -0.491. The quantitative estimate of drug-likeness (QED) is 0.336. The Morgan fingerprint density at radius 1 is 0.974 bits per heavy atom. The Bertz CT molecular complexity index is 1460. The minimum atomic E-state index is -0.568. The van der Waals surface area contributed by atoms with E-state index in [0.29, 0.717) is 33.5 Å². The zero-order chi connectivity index (χ0) is 27.9. The lowest BCUT2D eigenvalue weighted by atomic mass is 10.2. The van der Waals surface area contributed by atoms with E-state index in [4.69, 9.17) is 21.1 Å². The number of methoxy groups -OCH3 is 1. The Labute approximate surface area is 234 Å². The van der Waals surface area contributed by atoms with Crippen LogP contribution in [0, 0.1) is 6.92 Å². The van der Waals surface area contributed by atoms with Gasteiger partial charge in [-0.25, -0.2) is 0 Å². The first kappa shape index (κ1) is 27.7. The van der Waals surface area contributed by atoms with E-state index >= 15 is 0 Å². The van der Waals surface area contributed by atoms with E-state index in [1.54, 1.807) is 48.5 Å². The molecule has 3 aromatic carbocycles. The zero-order valence-corrected chi connectivity index (χ0v) is 22.6. The first-order chi connectivity index (χ1) is 18.7. The van der Waals surface area contributed by atoms with Gasteiger partial charge in [0.05, 0.1) is 17.0 Å². The molecule has 0 atom stereocenters. The molecule has 200 valence electrons. The third-order valence-electron chi connectivity index (χ3n) is 5.46. The highest BCUT2D eigenvalue weighted by Gasteiger charge is 2.36. The highest BCUT2D eigenvalue weighted by molar-refractivity contribution is 8.18. The molecule has 0 aliphatic carbocycles. The number of imide groups is 1. The number of carbonyl (C=O) groups excluding carboxylic acids is 4. The van der Waals surface area contributed by atoms with Crippen LogP contribution in [0.2, 0.25) is 5.02 Å². The van der Waals surface area contributed by atoms with Crippen molar-refractivity contribution in [2.45, 2.75) is 6.92 Å². The summed E-state index contributed by atoms with van der Waals surface area (Å²) in [4.78, 5) is 50.9. The number of ether oxygens (including phenoxy) is 2. The van der Waals surface area contributed by atoms with E-state index < -0.39 is 23.6 Å². The lowest BCUT2D eigenvalue weighted by molar-refractivity contribution is -0.127. The third kappa shape index (κ3) is 7.40. The van der Waals surface area contributed by atoms with Crippen molar-refractivity contribution >= 4 is 63.8 Å². The summed E-state index contributed by atoms with van der Waals surface area (Å²) in [6.07, 6.45) is 1.56. The maximum Gasteiger partial charge on any atom is 0.294 e. The SMILES string of the molecule is COc1ccc(NC(=O)CN2C(=O)S/C(=C/c3ccc(OCC(=O)Nc4cccc(C)c4)cc3)C2=O)cc1Cl. The summed E-state index contributed by atoms with van der Waals surface area (Å²) in [7, 11) is 1.48. The summed E-state index contributed by atoms with van der Waals surface area (Å²) < 4.78 is 10.6. The van der Waals surface area contributed by atoms with Crippen LogP contribution in [0.15, 0.2) is 71.6 Å². The molecule has 0 unspecified atom stereocenters. The summed E-state index contributed by atoms with van der Waals surface area (Å²) >= 11 is 6.82. The lowest BCUT2D eigenvalue weighted by Gasteiger charge is -2.13. The summed E-state index contributed by atoms with van der Waals surface area (Å²) in [5.41, 5.74) is 2.78. The zero-order valence-electron chi connectivity index (χ0n) is 21.0. The second-order valence-corrected chi connectivity index (χ2v) is 9.84. The molecule has 3 aromatic rings. The number of nitrogens with one attached hydrogen (secondary N) is 2. The number of hydrogen-bond donors (Lipinski definition) is 2. The molecule has 4 amide bonds. The number of aryl methyl sites for hydroxylation is 1. The molecular weight excluding hydrogens is 542 g/mol. The number of carbonyl (C=O) groups is 4. The van der Waals surface area contributed by atoms with Crippen molar-refractivity contribution < 1.29 is 28.7 Å². The third-order valence-corrected chi connectivity index (χ3v) is 6.66. The predicted octanol–water partition coefficient (Wildman–Crippen LogP) is 5.35. The van der Waals surface area contributed by atoms with Crippen molar-refractivity contribution in [1.29, 1.82) is 0 Å². The molecule has 1 saturated heterocycles. The Balaban J connectivity index is 1.31. The van der Waals surface area contributed by atoms with Crippen LogP contribution in [0.3, 0.4) is 0 Å². The van der Waals surface area contributed by atoms with Crippen molar-refractivity contribution in [2.75, 3.05) is 30.9 Å². The highest BCUT2D eigenvalue weighted by Crippen LogP contribution is 2.32. The van der Waals surface area contributed by atoms with Crippen molar-refractivity contribution in [3.05, 3.63) is 87.8 Å². The van der Waals surface area contributed by atoms with Gasteiger partial charge in [-0.3, -0.25) is 24.1 Å². The van der Waals surface area contributed by atoms with Crippen LogP contribution in [0.25, 0.3) is 6.08 Å². The van der Waals surface area contributed by atoms with Crippen molar-refractivity contribution in [3.8, 4) is 11.5 Å². The Kier molecular flexibility index (Phi) is 8.90. The average molecular weight is 566 g/mol. The minimum absolute atomic E-state index is 0.170. The monoisotopic (exact) mass is 565 g/mol. The standard InChI is InChI=1S/C28H24ClN3O6S/c1-17-4-3-5-19(12-17)31-26(34)16-38-21-9-6-18(7-10-21)13-24-27(35)32(28(36)39-24)15-25(33)30-20-8-11-23(37-2)22(29)14-20/h3-14H,15-16H2,1-2H3,(H,30,33)(H,31,34)/b24-13+. The number of rotatable bonds is 9. The van der Waals surface area contributed by atoms with Crippen LogP contribution in [-0.2, 0) is 14.4 Å². The molecule has 1 heterocycles. The molecule has 0 aromatic heterocycles. The maximum atomic E-state index is 12.8. The second kappa shape index (κ2) is 12.5. The number of benzene rings is 3. The fraction of sp³-hybridized carbons (Fsp3) is 0.143. The van der Waals surface area contributed by atoms with Crippen LogP contribution in [0.4, 0.5) is 16.2 Å². The maximum absolute atomic E-state index is 12.8. The van der Waals surface area contributed by atoms with E-state index in [1.165, 1.54) is 13.2 Å². The molecule has 9 nitrogen and oxygen atoms in total. The largest absolute Gasteiger partial charge is 0.495 e. The van der Waals surface area contributed by atoms with Gasteiger partial charge in [0.2, 0.25) is 5.91 Å². The molecule has 1 aliphatic heterocycles. The Hall–Kier alpha value is -4.28. The molecule has 1 aliphatic rings. The van der Waals surface area contributed by atoms with Gasteiger partial charge in [0.25, 0.3) is 17.1 Å². The fourth-order valence-corrected chi connectivity index (χ4v) is 4.70. The van der Waals surface area contributed by atoms with Gasteiger partial charge >= 0.3 is 0 Å². The summed E-state index contributed by atoms with van der Waals surface area (Å²) in [6, 6.07) is 18.9. The molecule has 4 rings (SSSR count). The van der Waals surface area contributed by atoms with E-state index in [2.05, 4.69) is 10.6 Å². The molecule has 2 N–H and O–H groups in total. The molecule has 11 heteroatoms. The molecule has 0 spiro atoms. The fourth-order valence-electron chi connectivity index (χ4n) is 3.60. The first-order valence-corrected chi connectivity index (χ1v) is 12.9. The van der Waals surface area contributed by atoms with E-state index in [0.717, 1.165) is 22.2 Å². The summed E-state index contributed by atoms with van der Waals surface area (Å²) in [5, 5.41) is 5.15. The summed E-state index contributed by atoms with van der Waals surface area (Å²) in [6.45, 7) is 1.32. The van der Waals surface area contributed by atoms with Crippen LogP contribution >= 0.6 is 23.4 Å².